The number of halogens is 4. The average Bonchev–Trinajstić information content (AvgIpc) is 3.34. The Hall–Kier alpha value is -2.95. The van der Waals surface area contributed by atoms with Gasteiger partial charge in [-0.25, -0.2) is 4.98 Å². The van der Waals surface area contributed by atoms with Gasteiger partial charge >= 0.3 is 6.18 Å². The van der Waals surface area contributed by atoms with Crippen LogP contribution < -0.4 is 0 Å². The number of pyridine rings is 1. The molecule has 12 heteroatoms. The van der Waals surface area contributed by atoms with Crippen LogP contribution in [0.25, 0.3) is 5.82 Å². The molecule has 1 aliphatic rings. The lowest BCUT2D eigenvalue weighted by molar-refractivity contribution is -0.137. The van der Waals surface area contributed by atoms with Crippen molar-refractivity contribution < 1.29 is 18.0 Å². The molecule has 31 heavy (non-hydrogen) atoms. The number of hydrogen-bond donors (Lipinski definition) is 0. The van der Waals surface area contributed by atoms with Gasteiger partial charge in [0.1, 0.15) is 11.4 Å². The van der Waals surface area contributed by atoms with E-state index in [4.69, 9.17) is 11.6 Å². The molecule has 0 spiro atoms. The van der Waals surface area contributed by atoms with Crippen molar-refractivity contribution in [2.45, 2.75) is 45.5 Å². The molecule has 0 N–H and O–H groups in total. The zero-order chi connectivity index (χ0) is 22.5. The number of aromatic nitrogens is 6. The molecular weight excluding hydrogens is 435 g/mol. The standard InChI is InChI=1S/C19H19ClF3N7O/c1-10(2)29-9-6-14(26-29)30-13-5-8-28(11(3)16(13)25-27-30)18(31)17-15(20)12(4-7-24-17)19(21,22)23/h4,6-7,9-11H,5,8H2,1-3H3/t11-/m0/s1. The number of hydrogen-bond acceptors (Lipinski definition) is 5. The minimum absolute atomic E-state index is 0.185. The van der Waals surface area contributed by atoms with Gasteiger partial charge in [0, 0.05) is 37.5 Å². The maximum atomic E-state index is 13.2. The first kappa shape index (κ1) is 21.3. The smallest absolute Gasteiger partial charge is 0.328 e. The van der Waals surface area contributed by atoms with Crippen molar-refractivity contribution in [3.63, 3.8) is 0 Å². The van der Waals surface area contributed by atoms with Gasteiger partial charge in [0.25, 0.3) is 5.91 Å². The Morgan fingerprint density at radius 1 is 1.29 bits per heavy atom. The highest BCUT2D eigenvalue weighted by Gasteiger charge is 2.38. The first-order valence-corrected chi connectivity index (χ1v) is 10.00. The van der Waals surface area contributed by atoms with Crippen molar-refractivity contribution in [3.05, 3.63) is 52.2 Å². The summed E-state index contributed by atoms with van der Waals surface area (Å²) in [4.78, 5) is 18.2. The summed E-state index contributed by atoms with van der Waals surface area (Å²) in [7, 11) is 0. The van der Waals surface area contributed by atoms with Gasteiger partial charge in [-0.15, -0.1) is 5.10 Å². The third kappa shape index (κ3) is 3.67. The van der Waals surface area contributed by atoms with Crippen LogP contribution in [-0.4, -0.2) is 47.1 Å². The van der Waals surface area contributed by atoms with Crippen LogP contribution >= 0.6 is 11.6 Å². The van der Waals surface area contributed by atoms with Crippen LogP contribution in [0, 0.1) is 0 Å². The van der Waals surface area contributed by atoms with Gasteiger partial charge in [-0.3, -0.25) is 9.48 Å². The second-order valence-electron chi connectivity index (χ2n) is 7.52. The SMILES string of the molecule is CC(C)n1ccc(-n2nnc3c2CCN(C(=O)c2nccc(C(F)(F)F)c2Cl)[C@H]3C)n1. The second-order valence-corrected chi connectivity index (χ2v) is 7.90. The van der Waals surface area contributed by atoms with E-state index in [-0.39, 0.29) is 12.6 Å². The van der Waals surface area contributed by atoms with Crippen LogP contribution in [0.15, 0.2) is 24.5 Å². The van der Waals surface area contributed by atoms with Gasteiger partial charge in [0.05, 0.1) is 22.3 Å². The number of rotatable bonds is 3. The lowest BCUT2D eigenvalue weighted by atomic mass is 10.0. The first-order valence-electron chi connectivity index (χ1n) is 9.62. The largest absolute Gasteiger partial charge is 0.417 e. The van der Waals surface area contributed by atoms with Crippen molar-refractivity contribution in [1.29, 1.82) is 0 Å². The van der Waals surface area contributed by atoms with E-state index in [0.29, 0.717) is 17.9 Å². The van der Waals surface area contributed by atoms with E-state index in [0.717, 1.165) is 18.0 Å². The van der Waals surface area contributed by atoms with E-state index >= 15 is 0 Å². The summed E-state index contributed by atoms with van der Waals surface area (Å²) in [5, 5.41) is 12.2. The van der Waals surface area contributed by atoms with Crippen LogP contribution in [0.5, 0.6) is 0 Å². The molecule has 1 atom stereocenters. The maximum absolute atomic E-state index is 13.2. The van der Waals surface area contributed by atoms with E-state index < -0.39 is 34.4 Å². The molecule has 1 aliphatic heterocycles. The number of carbonyl (C=O) groups excluding carboxylic acids is 1. The molecule has 3 aromatic heterocycles. The number of alkyl halides is 3. The van der Waals surface area contributed by atoms with Gasteiger partial charge in [0.2, 0.25) is 0 Å². The summed E-state index contributed by atoms with van der Waals surface area (Å²) >= 11 is 5.89. The topological polar surface area (TPSA) is 81.7 Å². The summed E-state index contributed by atoms with van der Waals surface area (Å²) in [5.74, 6) is -0.0788. The van der Waals surface area contributed by atoms with Crippen LogP contribution in [0.1, 0.15) is 60.3 Å². The molecule has 4 heterocycles. The van der Waals surface area contributed by atoms with E-state index in [1.165, 1.54) is 4.90 Å². The van der Waals surface area contributed by atoms with Gasteiger partial charge in [-0.2, -0.15) is 23.0 Å². The molecule has 3 aromatic rings. The summed E-state index contributed by atoms with van der Waals surface area (Å²) in [6.07, 6.45) is -1.50. The Labute approximate surface area is 180 Å². The molecule has 4 rings (SSSR count). The lowest BCUT2D eigenvalue weighted by Crippen LogP contribution is -2.40. The maximum Gasteiger partial charge on any atom is 0.417 e. The highest BCUT2D eigenvalue weighted by molar-refractivity contribution is 6.34. The fourth-order valence-corrected chi connectivity index (χ4v) is 3.88. The molecule has 164 valence electrons. The summed E-state index contributed by atoms with van der Waals surface area (Å²) in [6, 6.07) is 2.23. The zero-order valence-electron chi connectivity index (χ0n) is 16.9. The van der Waals surface area contributed by atoms with E-state index in [2.05, 4.69) is 20.4 Å². The Kier molecular flexibility index (Phi) is 5.24. The average molecular weight is 454 g/mol. The molecule has 0 aromatic carbocycles. The third-order valence-electron chi connectivity index (χ3n) is 5.24. The molecule has 0 aliphatic carbocycles. The van der Waals surface area contributed by atoms with Crippen molar-refractivity contribution >= 4 is 17.5 Å². The minimum Gasteiger partial charge on any atom is -0.328 e. The molecule has 0 radical (unpaired) electrons. The quantitative estimate of drug-likeness (QED) is 0.601. The predicted octanol–water partition coefficient (Wildman–Crippen LogP) is 3.87. The summed E-state index contributed by atoms with van der Waals surface area (Å²) in [5.41, 5.74) is -0.171. The lowest BCUT2D eigenvalue weighted by Gasteiger charge is -2.32. The number of amides is 1. The van der Waals surface area contributed by atoms with Crippen LogP contribution in [0.2, 0.25) is 5.02 Å². The van der Waals surface area contributed by atoms with E-state index in [1.54, 1.807) is 16.3 Å². The fraction of sp³-hybridized carbons (Fsp3) is 0.421. The second kappa shape index (κ2) is 7.63. The molecule has 0 bridgehead atoms. The number of fused-ring (bicyclic) bond motifs is 1. The normalized spacial score (nSPS) is 16.6. The Morgan fingerprint density at radius 2 is 2.03 bits per heavy atom. The van der Waals surface area contributed by atoms with Gasteiger partial charge < -0.3 is 4.90 Å². The highest BCUT2D eigenvalue weighted by Crippen LogP contribution is 2.37. The first-order chi connectivity index (χ1) is 14.6. The number of nitrogens with zero attached hydrogens (tertiary/aromatic N) is 7. The molecule has 0 saturated heterocycles. The fourth-order valence-electron chi connectivity index (χ4n) is 3.58. The molecule has 0 saturated carbocycles. The summed E-state index contributed by atoms with van der Waals surface area (Å²) in [6.45, 7) is 6.00. The third-order valence-corrected chi connectivity index (χ3v) is 5.63. The van der Waals surface area contributed by atoms with Crippen molar-refractivity contribution in [3.8, 4) is 5.82 Å². The summed E-state index contributed by atoms with van der Waals surface area (Å²) < 4.78 is 42.9. The van der Waals surface area contributed by atoms with E-state index in [1.807, 2.05) is 26.1 Å². The van der Waals surface area contributed by atoms with Crippen LogP contribution in [0.4, 0.5) is 13.2 Å². The Balaban J connectivity index is 1.64. The van der Waals surface area contributed by atoms with Crippen molar-refractivity contribution in [2.24, 2.45) is 0 Å². The van der Waals surface area contributed by atoms with Crippen molar-refractivity contribution in [2.75, 3.05) is 6.54 Å². The zero-order valence-corrected chi connectivity index (χ0v) is 17.7. The molecule has 0 fully saturated rings. The van der Waals surface area contributed by atoms with Crippen LogP contribution in [-0.2, 0) is 12.6 Å². The van der Waals surface area contributed by atoms with Crippen LogP contribution in [0.3, 0.4) is 0 Å². The minimum atomic E-state index is -4.68. The van der Waals surface area contributed by atoms with E-state index in [9.17, 15) is 18.0 Å². The van der Waals surface area contributed by atoms with Crippen molar-refractivity contribution in [1.82, 2.24) is 34.7 Å². The predicted molar refractivity (Wildman–Crippen MR) is 105 cm³/mol. The molecular formula is C19H19ClF3N7O. The van der Waals surface area contributed by atoms with Gasteiger partial charge in [-0.05, 0) is 26.8 Å². The Bertz CT molecular complexity index is 1140. The molecule has 1 amide bonds. The molecule has 0 unspecified atom stereocenters. The van der Waals surface area contributed by atoms with Gasteiger partial charge in [-0.1, -0.05) is 16.8 Å². The molecule has 8 nitrogen and oxygen atoms in total. The highest BCUT2D eigenvalue weighted by atomic mass is 35.5. The van der Waals surface area contributed by atoms with Gasteiger partial charge in [0.15, 0.2) is 5.82 Å². The Morgan fingerprint density at radius 3 is 2.68 bits per heavy atom. The number of carbonyl (C=O) groups is 1. The monoisotopic (exact) mass is 453 g/mol.